The van der Waals surface area contributed by atoms with Crippen LogP contribution in [0.3, 0.4) is 0 Å². The highest BCUT2D eigenvalue weighted by molar-refractivity contribution is 5.84. The molecule has 4 heteroatoms. The van der Waals surface area contributed by atoms with Crippen molar-refractivity contribution in [1.29, 1.82) is 0 Å². The number of carbonyl (C=O) groups excluding carboxylic acids is 1. The zero-order valence-corrected chi connectivity index (χ0v) is 13.3. The molecule has 0 aromatic carbocycles. The predicted molar refractivity (Wildman–Crippen MR) is 82.1 cm³/mol. The summed E-state index contributed by atoms with van der Waals surface area (Å²) in [4.78, 5) is 14.0. The van der Waals surface area contributed by atoms with Crippen LogP contribution in [0.25, 0.3) is 0 Å². The number of hydrogen-bond acceptors (Lipinski definition) is 3. The zero-order chi connectivity index (χ0) is 14.7. The fourth-order valence-corrected chi connectivity index (χ4v) is 2.23. The van der Waals surface area contributed by atoms with E-state index in [1.165, 1.54) is 19.3 Å². The second-order valence-electron chi connectivity index (χ2n) is 5.46. The Balaban J connectivity index is 4.11. The van der Waals surface area contributed by atoms with Crippen molar-refractivity contribution in [2.24, 2.45) is 5.73 Å². The van der Waals surface area contributed by atoms with Gasteiger partial charge in [-0.05, 0) is 26.4 Å². The zero-order valence-electron chi connectivity index (χ0n) is 13.3. The minimum absolute atomic E-state index is 0.233. The molecule has 0 aliphatic rings. The minimum Gasteiger partial charge on any atom is -0.368 e. The SMILES string of the molecule is CCCCCCC(C)(NCCN(CC)CC)C(N)=O. The summed E-state index contributed by atoms with van der Waals surface area (Å²) in [6, 6.07) is 0. The van der Waals surface area contributed by atoms with E-state index in [4.69, 9.17) is 5.73 Å². The van der Waals surface area contributed by atoms with E-state index in [0.717, 1.165) is 39.0 Å². The Kier molecular flexibility index (Phi) is 9.88. The van der Waals surface area contributed by atoms with Crippen molar-refractivity contribution in [2.45, 2.75) is 65.3 Å². The molecule has 0 saturated carbocycles. The van der Waals surface area contributed by atoms with Crippen molar-refractivity contribution in [1.82, 2.24) is 10.2 Å². The summed E-state index contributed by atoms with van der Waals surface area (Å²) in [6.07, 6.45) is 5.51. The van der Waals surface area contributed by atoms with E-state index in [0.29, 0.717) is 0 Å². The van der Waals surface area contributed by atoms with Crippen LogP contribution in [0.1, 0.15) is 59.8 Å². The molecule has 4 nitrogen and oxygen atoms in total. The van der Waals surface area contributed by atoms with Gasteiger partial charge in [0.05, 0.1) is 5.54 Å². The first-order chi connectivity index (χ1) is 9.00. The number of rotatable bonds is 12. The lowest BCUT2D eigenvalue weighted by molar-refractivity contribution is -0.124. The molecule has 1 atom stereocenters. The molecule has 0 aromatic heterocycles. The third-order valence-electron chi connectivity index (χ3n) is 3.91. The Bertz CT molecular complexity index is 242. The number of amides is 1. The van der Waals surface area contributed by atoms with Gasteiger partial charge in [0, 0.05) is 13.1 Å². The Morgan fingerprint density at radius 3 is 2.26 bits per heavy atom. The lowest BCUT2D eigenvalue weighted by Gasteiger charge is -2.29. The summed E-state index contributed by atoms with van der Waals surface area (Å²) >= 11 is 0. The van der Waals surface area contributed by atoms with Gasteiger partial charge < -0.3 is 16.0 Å². The first kappa shape index (κ1) is 18.4. The van der Waals surface area contributed by atoms with Crippen LogP contribution in [0.2, 0.25) is 0 Å². The van der Waals surface area contributed by atoms with Crippen LogP contribution in [-0.2, 0) is 4.79 Å². The maximum absolute atomic E-state index is 11.6. The van der Waals surface area contributed by atoms with Gasteiger partial charge >= 0.3 is 0 Å². The second kappa shape index (κ2) is 10.2. The van der Waals surface area contributed by atoms with Crippen LogP contribution < -0.4 is 11.1 Å². The molecule has 0 radical (unpaired) electrons. The normalized spacial score (nSPS) is 14.6. The molecule has 1 amide bonds. The molecular formula is C15H33N3O. The van der Waals surface area contributed by atoms with Crippen molar-refractivity contribution in [3.63, 3.8) is 0 Å². The van der Waals surface area contributed by atoms with Crippen LogP contribution in [-0.4, -0.2) is 42.5 Å². The minimum atomic E-state index is -0.555. The van der Waals surface area contributed by atoms with Gasteiger partial charge in [0.25, 0.3) is 0 Å². The topological polar surface area (TPSA) is 58.4 Å². The summed E-state index contributed by atoms with van der Waals surface area (Å²) < 4.78 is 0. The molecule has 0 bridgehead atoms. The summed E-state index contributed by atoms with van der Waals surface area (Å²) in [5.41, 5.74) is 5.00. The predicted octanol–water partition coefficient (Wildman–Crippen LogP) is 2.13. The first-order valence-corrected chi connectivity index (χ1v) is 7.77. The highest BCUT2D eigenvalue weighted by atomic mass is 16.1. The number of unbranched alkanes of at least 4 members (excludes halogenated alkanes) is 3. The van der Waals surface area contributed by atoms with E-state index < -0.39 is 5.54 Å². The number of nitrogens with one attached hydrogen (secondary N) is 1. The van der Waals surface area contributed by atoms with Crippen molar-refractivity contribution < 1.29 is 4.79 Å². The summed E-state index contributed by atoms with van der Waals surface area (Å²) in [5.74, 6) is -0.233. The lowest BCUT2D eigenvalue weighted by atomic mass is 9.93. The highest BCUT2D eigenvalue weighted by Gasteiger charge is 2.29. The molecule has 0 rings (SSSR count). The molecular weight excluding hydrogens is 238 g/mol. The van der Waals surface area contributed by atoms with Crippen LogP contribution in [0, 0.1) is 0 Å². The standard InChI is InChI=1S/C15H33N3O/c1-5-8-9-10-11-15(4,14(16)19)17-12-13-18(6-2)7-3/h17H,5-13H2,1-4H3,(H2,16,19). The van der Waals surface area contributed by atoms with Crippen molar-refractivity contribution in [3.05, 3.63) is 0 Å². The number of carbonyl (C=O) groups is 1. The van der Waals surface area contributed by atoms with E-state index >= 15 is 0 Å². The van der Waals surface area contributed by atoms with E-state index in [1.54, 1.807) is 0 Å². The van der Waals surface area contributed by atoms with E-state index in [2.05, 4.69) is 31.0 Å². The Labute approximate surface area is 119 Å². The van der Waals surface area contributed by atoms with Crippen molar-refractivity contribution in [2.75, 3.05) is 26.2 Å². The quantitative estimate of drug-likeness (QED) is 0.535. The van der Waals surface area contributed by atoms with Crippen LogP contribution >= 0.6 is 0 Å². The highest BCUT2D eigenvalue weighted by Crippen LogP contribution is 2.15. The average Bonchev–Trinajstić information content (AvgIpc) is 2.39. The molecule has 0 spiro atoms. The molecule has 3 N–H and O–H groups in total. The Morgan fingerprint density at radius 1 is 1.16 bits per heavy atom. The molecule has 0 aromatic rings. The third kappa shape index (κ3) is 7.53. The average molecular weight is 271 g/mol. The van der Waals surface area contributed by atoms with Crippen LogP contribution in [0.5, 0.6) is 0 Å². The summed E-state index contributed by atoms with van der Waals surface area (Å²) in [5, 5.41) is 3.36. The molecule has 0 saturated heterocycles. The van der Waals surface area contributed by atoms with Crippen molar-refractivity contribution >= 4 is 5.91 Å². The molecule has 114 valence electrons. The second-order valence-corrected chi connectivity index (χ2v) is 5.46. The Morgan fingerprint density at radius 2 is 1.79 bits per heavy atom. The number of hydrogen-bond donors (Lipinski definition) is 2. The molecule has 1 unspecified atom stereocenters. The number of nitrogens with two attached hydrogens (primary N) is 1. The summed E-state index contributed by atoms with van der Waals surface area (Å²) in [6.45, 7) is 12.3. The van der Waals surface area contributed by atoms with Crippen LogP contribution in [0.4, 0.5) is 0 Å². The monoisotopic (exact) mass is 271 g/mol. The Hall–Kier alpha value is -0.610. The van der Waals surface area contributed by atoms with Gasteiger partial charge in [0.1, 0.15) is 0 Å². The van der Waals surface area contributed by atoms with Gasteiger partial charge in [-0.15, -0.1) is 0 Å². The maximum atomic E-state index is 11.6. The van der Waals surface area contributed by atoms with Crippen molar-refractivity contribution in [3.8, 4) is 0 Å². The molecule has 0 aliphatic heterocycles. The number of primary amides is 1. The lowest BCUT2D eigenvalue weighted by Crippen LogP contribution is -2.54. The van der Waals surface area contributed by atoms with Gasteiger partial charge in [0.2, 0.25) is 5.91 Å². The van der Waals surface area contributed by atoms with E-state index in [1.807, 2.05) is 6.92 Å². The fourth-order valence-electron chi connectivity index (χ4n) is 2.23. The van der Waals surface area contributed by atoms with E-state index in [-0.39, 0.29) is 5.91 Å². The van der Waals surface area contributed by atoms with Crippen LogP contribution in [0.15, 0.2) is 0 Å². The summed E-state index contributed by atoms with van der Waals surface area (Å²) in [7, 11) is 0. The molecule has 0 fully saturated rings. The third-order valence-corrected chi connectivity index (χ3v) is 3.91. The first-order valence-electron chi connectivity index (χ1n) is 7.77. The molecule has 0 aliphatic carbocycles. The number of nitrogens with zero attached hydrogens (tertiary/aromatic N) is 1. The van der Waals surface area contributed by atoms with Gasteiger partial charge in [-0.25, -0.2) is 0 Å². The smallest absolute Gasteiger partial charge is 0.237 e. The largest absolute Gasteiger partial charge is 0.368 e. The van der Waals surface area contributed by atoms with E-state index in [9.17, 15) is 4.79 Å². The fraction of sp³-hybridized carbons (Fsp3) is 0.933. The van der Waals surface area contributed by atoms with Gasteiger partial charge in [-0.3, -0.25) is 4.79 Å². The maximum Gasteiger partial charge on any atom is 0.237 e. The van der Waals surface area contributed by atoms with Gasteiger partial charge in [-0.2, -0.15) is 0 Å². The van der Waals surface area contributed by atoms with Gasteiger partial charge in [0.15, 0.2) is 0 Å². The number of likely N-dealkylation sites (N-methyl/N-ethyl adjacent to an activating group) is 1. The molecule has 0 heterocycles. The molecule has 19 heavy (non-hydrogen) atoms. The van der Waals surface area contributed by atoms with Gasteiger partial charge in [-0.1, -0.05) is 46.5 Å².